The first-order chi connectivity index (χ1) is 7.86. The Bertz CT molecular complexity index is 491. The average Bonchev–Trinajstić information content (AvgIpc) is 2.23. The highest BCUT2D eigenvalue weighted by Gasteiger charge is 2.21. The van der Waals surface area contributed by atoms with Crippen LogP contribution in [0.3, 0.4) is 0 Å². The van der Waals surface area contributed by atoms with Crippen LogP contribution in [0.5, 0.6) is 0 Å². The van der Waals surface area contributed by atoms with Gasteiger partial charge in [0.2, 0.25) is 10.0 Å². The molecule has 96 valence electrons. The summed E-state index contributed by atoms with van der Waals surface area (Å²) in [6, 6.07) is 2.60. The maximum atomic E-state index is 13.2. The van der Waals surface area contributed by atoms with Gasteiger partial charge in [-0.15, -0.1) is 0 Å². The second-order valence-corrected chi connectivity index (χ2v) is 5.74. The van der Waals surface area contributed by atoms with Crippen molar-refractivity contribution in [1.29, 1.82) is 0 Å². The van der Waals surface area contributed by atoms with Crippen LogP contribution in [0.4, 0.5) is 14.5 Å². The first-order valence-electron chi connectivity index (χ1n) is 4.98. The molecule has 0 fully saturated rings. The zero-order chi connectivity index (χ0) is 13.1. The molecule has 0 amide bonds. The van der Waals surface area contributed by atoms with Crippen molar-refractivity contribution in [2.45, 2.75) is 12.2 Å². The quantitative estimate of drug-likeness (QED) is 0.843. The van der Waals surface area contributed by atoms with E-state index in [-0.39, 0.29) is 12.2 Å². The molecule has 0 radical (unpaired) electrons. The zero-order valence-electron chi connectivity index (χ0n) is 9.50. The number of sulfonamides is 1. The Morgan fingerprint density at radius 2 is 2.00 bits per heavy atom. The molecule has 0 aromatic heterocycles. The molecule has 1 atom stereocenters. The summed E-state index contributed by atoms with van der Waals surface area (Å²) in [5, 5.41) is 1.94. The van der Waals surface area contributed by atoms with Gasteiger partial charge in [0.05, 0.1) is 10.9 Å². The lowest BCUT2D eigenvalue weighted by Gasteiger charge is -2.14. The summed E-state index contributed by atoms with van der Waals surface area (Å²) < 4.78 is 51.6. The van der Waals surface area contributed by atoms with Crippen LogP contribution >= 0.6 is 0 Å². The van der Waals surface area contributed by atoms with Crippen molar-refractivity contribution in [3.8, 4) is 0 Å². The van der Waals surface area contributed by atoms with Gasteiger partial charge in [-0.1, -0.05) is 0 Å². The summed E-state index contributed by atoms with van der Waals surface area (Å²) in [6.45, 7) is 1.68. The average molecular weight is 264 g/mol. The van der Waals surface area contributed by atoms with Crippen molar-refractivity contribution in [1.82, 2.24) is 5.32 Å². The summed E-state index contributed by atoms with van der Waals surface area (Å²) in [6.07, 6.45) is 0. The fraction of sp³-hybridized carbons (Fsp3) is 0.400. The summed E-state index contributed by atoms with van der Waals surface area (Å²) in [4.78, 5) is 0. The van der Waals surface area contributed by atoms with Crippen LogP contribution in [-0.4, -0.2) is 27.3 Å². The van der Waals surface area contributed by atoms with E-state index < -0.39 is 26.9 Å². The van der Waals surface area contributed by atoms with Gasteiger partial charge in [-0.2, -0.15) is 0 Å². The van der Waals surface area contributed by atoms with Crippen LogP contribution in [0, 0.1) is 11.6 Å². The molecule has 0 bridgehead atoms. The van der Waals surface area contributed by atoms with Gasteiger partial charge in [-0.25, -0.2) is 17.2 Å². The van der Waals surface area contributed by atoms with E-state index in [1.807, 2.05) is 4.72 Å². The predicted molar refractivity (Wildman–Crippen MR) is 62.3 cm³/mol. The third-order valence-electron chi connectivity index (χ3n) is 2.20. The van der Waals surface area contributed by atoms with E-state index in [0.717, 1.165) is 18.2 Å². The van der Waals surface area contributed by atoms with Gasteiger partial charge in [0, 0.05) is 12.6 Å². The van der Waals surface area contributed by atoms with E-state index in [1.54, 1.807) is 7.05 Å². The second-order valence-electron chi connectivity index (χ2n) is 3.64. The van der Waals surface area contributed by atoms with Crippen molar-refractivity contribution < 1.29 is 17.2 Å². The van der Waals surface area contributed by atoms with Crippen molar-refractivity contribution in [3.63, 3.8) is 0 Å². The molecule has 1 aromatic carbocycles. The molecule has 7 heteroatoms. The monoisotopic (exact) mass is 264 g/mol. The van der Waals surface area contributed by atoms with Gasteiger partial charge in [0.1, 0.15) is 11.6 Å². The van der Waals surface area contributed by atoms with Crippen LogP contribution in [-0.2, 0) is 10.0 Å². The van der Waals surface area contributed by atoms with Crippen molar-refractivity contribution in [2.24, 2.45) is 0 Å². The number of hydrogen-bond donors (Lipinski definition) is 2. The first kappa shape index (κ1) is 13.9. The molecule has 1 aromatic rings. The van der Waals surface area contributed by atoms with Gasteiger partial charge in [0.25, 0.3) is 0 Å². The number of halogens is 2. The molecular weight excluding hydrogens is 250 g/mol. The maximum absolute atomic E-state index is 13.2. The van der Waals surface area contributed by atoms with Crippen LogP contribution in [0.2, 0.25) is 0 Å². The van der Waals surface area contributed by atoms with Gasteiger partial charge in [0.15, 0.2) is 0 Å². The van der Waals surface area contributed by atoms with Gasteiger partial charge >= 0.3 is 0 Å². The Morgan fingerprint density at radius 1 is 1.35 bits per heavy atom. The van der Waals surface area contributed by atoms with E-state index in [9.17, 15) is 17.2 Å². The van der Waals surface area contributed by atoms with Gasteiger partial charge in [-0.3, -0.25) is 4.72 Å². The minimum absolute atomic E-state index is 0.215. The van der Waals surface area contributed by atoms with Gasteiger partial charge in [-0.05, 0) is 26.1 Å². The number of benzene rings is 1. The molecule has 0 saturated carbocycles. The number of hydrogen-bond acceptors (Lipinski definition) is 3. The molecular formula is C10H14F2N2O2S. The lowest BCUT2D eigenvalue weighted by molar-refractivity contribution is 0.580. The highest BCUT2D eigenvalue weighted by Crippen LogP contribution is 2.18. The Labute approximate surface area is 99.1 Å². The Balaban J connectivity index is 2.94. The molecule has 0 saturated heterocycles. The SMILES string of the molecule is CNCC(C)S(=O)(=O)Nc1cc(F)ccc1F. The molecule has 0 spiro atoms. The fourth-order valence-corrected chi connectivity index (χ4v) is 2.28. The Hall–Kier alpha value is -1.21. The molecule has 0 heterocycles. The van der Waals surface area contributed by atoms with Crippen molar-refractivity contribution >= 4 is 15.7 Å². The van der Waals surface area contributed by atoms with Crippen LogP contribution < -0.4 is 10.0 Å². The Morgan fingerprint density at radius 3 is 2.59 bits per heavy atom. The molecule has 0 aliphatic rings. The molecule has 0 aliphatic carbocycles. The van der Waals surface area contributed by atoms with E-state index in [0.29, 0.717) is 0 Å². The lowest BCUT2D eigenvalue weighted by atomic mass is 10.3. The van der Waals surface area contributed by atoms with E-state index in [4.69, 9.17) is 0 Å². The number of nitrogens with one attached hydrogen (secondary N) is 2. The van der Waals surface area contributed by atoms with Crippen LogP contribution in [0.15, 0.2) is 18.2 Å². The molecule has 2 N–H and O–H groups in total. The first-order valence-corrected chi connectivity index (χ1v) is 6.52. The number of rotatable bonds is 5. The lowest BCUT2D eigenvalue weighted by Crippen LogP contribution is -2.33. The highest BCUT2D eigenvalue weighted by atomic mass is 32.2. The second kappa shape index (κ2) is 5.42. The maximum Gasteiger partial charge on any atom is 0.236 e. The summed E-state index contributed by atoms with van der Waals surface area (Å²) in [5.41, 5.74) is -0.382. The highest BCUT2D eigenvalue weighted by molar-refractivity contribution is 7.93. The molecule has 1 rings (SSSR count). The molecule has 0 aliphatic heterocycles. The van der Waals surface area contributed by atoms with E-state index in [2.05, 4.69) is 5.32 Å². The predicted octanol–water partition coefficient (Wildman–Crippen LogP) is 1.31. The molecule has 1 unspecified atom stereocenters. The van der Waals surface area contributed by atoms with E-state index in [1.165, 1.54) is 6.92 Å². The van der Waals surface area contributed by atoms with E-state index >= 15 is 0 Å². The zero-order valence-corrected chi connectivity index (χ0v) is 10.3. The normalized spacial score (nSPS) is 13.4. The smallest absolute Gasteiger partial charge is 0.236 e. The molecule has 4 nitrogen and oxygen atoms in total. The summed E-state index contributed by atoms with van der Waals surface area (Å²) in [5.74, 6) is -1.52. The topological polar surface area (TPSA) is 58.2 Å². The minimum Gasteiger partial charge on any atom is -0.318 e. The third kappa shape index (κ3) is 3.64. The summed E-state index contributed by atoms with van der Waals surface area (Å²) in [7, 11) is -2.13. The standard InChI is InChI=1S/C10H14F2N2O2S/c1-7(6-13-2)17(15,16)14-10-5-8(11)3-4-9(10)12/h3-5,7,13-14H,6H2,1-2H3. The minimum atomic E-state index is -3.73. The third-order valence-corrected chi connectivity index (χ3v) is 3.93. The summed E-state index contributed by atoms with van der Waals surface area (Å²) >= 11 is 0. The van der Waals surface area contributed by atoms with Crippen molar-refractivity contribution in [2.75, 3.05) is 18.3 Å². The molecule has 17 heavy (non-hydrogen) atoms. The number of anilines is 1. The van der Waals surface area contributed by atoms with Crippen LogP contribution in [0.1, 0.15) is 6.92 Å². The fourth-order valence-electron chi connectivity index (χ4n) is 1.23. The largest absolute Gasteiger partial charge is 0.318 e. The van der Waals surface area contributed by atoms with Gasteiger partial charge < -0.3 is 5.32 Å². The van der Waals surface area contributed by atoms with Crippen molar-refractivity contribution in [3.05, 3.63) is 29.8 Å². The Kier molecular flexibility index (Phi) is 4.41. The van der Waals surface area contributed by atoms with Crippen LogP contribution in [0.25, 0.3) is 0 Å².